The molecule has 166 valence electrons. The van der Waals surface area contributed by atoms with Crippen LogP contribution in [0.5, 0.6) is 0 Å². The average molecular weight is 440 g/mol. The monoisotopic (exact) mass is 439 g/mol. The van der Waals surface area contributed by atoms with Crippen LogP contribution in [0.2, 0.25) is 0 Å². The highest BCUT2D eigenvalue weighted by Crippen LogP contribution is 2.35. The van der Waals surface area contributed by atoms with E-state index in [0.717, 1.165) is 64.8 Å². The summed E-state index contributed by atoms with van der Waals surface area (Å²) in [6, 6.07) is 10.3. The molecule has 0 bridgehead atoms. The molecular weight excluding hydrogens is 406 g/mol. The number of thiophene rings is 1. The highest BCUT2D eigenvalue weighted by atomic mass is 32.1. The lowest BCUT2D eigenvalue weighted by molar-refractivity contribution is 0.0643. The van der Waals surface area contributed by atoms with E-state index in [-0.39, 0.29) is 5.91 Å². The van der Waals surface area contributed by atoms with Crippen molar-refractivity contribution in [3.05, 3.63) is 42.2 Å². The second kappa shape index (κ2) is 10.7. The first-order valence-electron chi connectivity index (χ1n) is 11.2. The van der Waals surface area contributed by atoms with Crippen molar-refractivity contribution in [1.82, 2.24) is 19.8 Å². The number of hydrogen-bond acceptors (Lipinski definition) is 6. The van der Waals surface area contributed by atoms with Gasteiger partial charge >= 0.3 is 0 Å². The zero-order valence-electron chi connectivity index (χ0n) is 19.2. The van der Waals surface area contributed by atoms with Gasteiger partial charge in [0.15, 0.2) is 0 Å². The van der Waals surface area contributed by atoms with E-state index in [0.29, 0.717) is 6.04 Å². The molecule has 0 unspecified atom stereocenters. The van der Waals surface area contributed by atoms with Crippen LogP contribution in [0.1, 0.15) is 45.0 Å². The Kier molecular flexibility index (Phi) is 7.98. The predicted octanol–water partition coefficient (Wildman–Crippen LogP) is 4.98. The Hall–Kier alpha value is -2.51. The van der Waals surface area contributed by atoms with E-state index < -0.39 is 0 Å². The first-order chi connectivity index (χ1) is 15.0. The maximum atomic E-state index is 12.8. The molecule has 1 aliphatic rings. The minimum atomic E-state index is 0.123. The summed E-state index contributed by atoms with van der Waals surface area (Å²) in [6.07, 6.45) is 1.60. The second-order valence-corrected chi connectivity index (χ2v) is 8.70. The maximum Gasteiger partial charge on any atom is 0.253 e. The summed E-state index contributed by atoms with van der Waals surface area (Å²) in [4.78, 5) is 27.1. The summed E-state index contributed by atoms with van der Waals surface area (Å²) < 4.78 is 1.06. The van der Waals surface area contributed by atoms with Crippen LogP contribution in [0.4, 0.5) is 5.82 Å². The molecule has 0 aliphatic carbocycles. The van der Waals surface area contributed by atoms with Crippen molar-refractivity contribution in [3.63, 3.8) is 0 Å². The number of nitrogens with zero attached hydrogens (tertiary/aromatic N) is 4. The third-order valence-electron chi connectivity index (χ3n) is 5.26. The normalized spacial score (nSPS) is 14.5. The highest BCUT2D eigenvalue weighted by molar-refractivity contribution is 7.22. The Balaban J connectivity index is 0.00000132. The molecular formula is C24H33N5OS. The van der Waals surface area contributed by atoms with Crippen LogP contribution in [-0.2, 0) is 0 Å². The fourth-order valence-electron chi connectivity index (χ4n) is 3.60. The summed E-state index contributed by atoms with van der Waals surface area (Å²) in [5.74, 6) is 0.997. The number of aromatic nitrogens is 2. The van der Waals surface area contributed by atoms with Gasteiger partial charge < -0.3 is 15.1 Å². The number of piperazine rings is 1. The Bertz CT molecular complexity index is 991. The van der Waals surface area contributed by atoms with Crippen molar-refractivity contribution in [3.8, 4) is 10.4 Å². The summed E-state index contributed by atoms with van der Waals surface area (Å²) in [7, 11) is 0. The van der Waals surface area contributed by atoms with E-state index in [1.54, 1.807) is 17.7 Å². The van der Waals surface area contributed by atoms with Gasteiger partial charge in [0.1, 0.15) is 12.1 Å². The van der Waals surface area contributed by atoms with Gasteiger partial charge in [0, 0.05) is 42.7 Å². The van der Waals surface area contributed by atoms with Gasteiger partial charge in [-0.1, -0.05) is 32.9 Å². The smallest absolute Gasteiger partial charge is 0.253 e. The lowest BCUT2D eigenvalue weighted by Gasteiger charge is -2.34. The number of benzene rings is 1. The number of likely N-dealkylation sites (N-methyl/N-ethyl adjacent to an activating group) is 1. The lowest BCUT2D eigenvalue weighted by atomic mass is 10.1. The zero-order valence-corrected chi connectivity index (χ0v) is 20.0. The molecule has 0 saturated carbocycles. The Morgan fingerprint density at radius 2 is 1.77 bits per heavy atom. The zero-order chi connectivity index (χ0) is 22.4. The molecule has 3 heterocycles. The number of carbonyl (C=O) groups excluding carboxylic acids is 1. The molecule has 1 amide bonds. The molecule has 1 fully saturated rings. The number of amides is 1. The molecule has 31 heavy (non-hydrogen) atoms. The predicted molar refractivity (Wildman–Crippen MR) is 131 cm³/mol. The SMILES string of the molecule is CC.CCN1CCN(C(=O)c2ccc(-c3cc4ncnc(NC(C)C)c4s3)cc2)CC1. The molecule has 4 rings (SSSR count). The molecule has 1 aliphatic heterocycles. The van der Waals surface area contributed by atoms with Crippen LogP contribution in [0.25, 0.3) is 20.7 Å². The van der Waals surface area contributed by atoms with Crippen LogP contribution in [-0.4, -0.2) is 64.4 Å². The van der Waals surface area contributed by atoms with Crippen molar-refractivity contribution in [1.29, 1.82) is 0 Å². The molecule has 0 spiro atoms. The summed E-state index contributed by atoms with van der Waals surface area (Å²) in [5, 5.41) is 3.39. The van der Waals surface area contributed by atoms with Gasteiger partial charge in [-0.15, -0.1) is 11.3 Å². The molecule has 3 aromatic rings. The third kappa shape index (κ3) is 5.40. The average Bonchev–Trinajstić information content (AvgIpc) is 3.25. The molecule has 1 aromatic carbocycles. The molecule has 2 aromatic heterocycles. The van der Waals surface area contributed by atoms with Gasteiger partial charge in [-0.05, 0) is 44.2 Å². The standard InChI is InChI=1S/C22H27N5OS.C2H6/c1-4-26-9-11-27(12-10-26)22(28)17-7-5-16(6-8-17)19-13-18-20(29-19)21(24-14-23-18)25-15(2)3;1-2/h5-8,13-15H,4,9-12H2,1-3H3,(H,23,24,25);1-2H3. The van der Waals surface area contributed by atoms with E-state index in [1.165, 1.54) is 0 Å². The minimum absolute atomic E-state index is 0.123. The quantitative estimate of drug-likeness (QED) is 0.607. The van der Waals surface area contributed by atoms with E-state index in [2.05, 4.69) is 47.0 Å². The summed E-state index contributed by atoms with van der Waals surface area (Å²) in [6.45, 7) is 14.9. The third-order valence-corrected chi connectivity index (χ3v) is 6.44. The van der Waals surface area contributed by atoms with Gasteiger partial charge in [-0.2, -0.15) is 0 Å². The number of carbonyl (C=O) groups is 1. The highest BCUT2D eigenvalue weighted by Gasteiger charge is 2.21. The first-order valence-corrected chi connectivity index (χ1v) is 12.0. The van der Waals surface area contributed by atoms with E-state index >= 15 is 0 Å². The van der Waals surface area contributed by atoms with E-state index in [1.807, 2.05) is 43.0 Å². The Labute approximate surface area is 189 Å². The Morgan fingerprint density at radius 1 is 1.10 bits per heavy atom. The maximum absolute atomic E-state index is 12.8. The Morgan fingerprint density at radius 3 is 2.39 bits per heavy atom. The fraction of sp³-hybridized carbons (Fsp3) is 0.458. The van der Waals surface area contributed by atoms with Crippen molar-refractivity contribution >= 4 is 33.3 Å². The molecule has 0 atom stereocenters. The van der Waals surface area contributed by atoms with Crippen LogP contribution in [0.15, 0.2) is 36.7 Å². The van der Waals surface area contributed by atoms with Crippen LogP contribution in [0, 0.1) is 0 Å². The van der Waals surface area contributed by atoms with Crippen molar-refractivity contribution < 1.29 is 4.79 Å². The molecule has 0 radical (unpaired) electrons. The first kappa shape index (κ1) is 23.2. The molecule has 1 saturated heterocycles. The lowest BCUT2D eigenvalue weighted by Crippen LogP contribution is -2.48. The molecule has 6 nitrogen and oxygen atoms in total. The van der Waals surface area contributed by atoms with Gasteiger partial charge in [-0.25, -0.2) is 9.97 Å². The molecule has 1 N–H and O–H groups in total. The number of fused-ring (bicyclic) bond motifs is 1. The van der Waals surface area contributed by atoms with Crippen LogP contribution < -0.4 is 5.32 Å². The van der Waals surface area contributed by atoms with Crippen molar-refractivity contribution in [2.45, 2.75) is 40.7 Å². The van der Waals surface area contributed by atoms with Gasteiger partial charge in [0.2, 0.25) is 0 Å². The molecule has 7 heteroatoms. The minimum Gasteiger partial charge on any atom is -0.367 e. The topological polar surface area (TPSA) is 61.4 Å². The summed E-state index contributed by atoms with van der Waals surface area (Å²) >= 11 is 1.68. The van der Waals surface area contributed by atoms with Crippen molar-refractivity contribution in [2.75, 3.05) is 38.0 Å². The second-order valence-electron chi connectivity index (χ2n) is 7.65. The van der Waals surface area contributed by atoms with E-state index in [4.69, 9.17) is 0 Å². The summed E-state index contributed by atoms with van der Waals surface area (Å²) in [5.41, 5.74) is 2.79. The largest absolute Gasteiger partial charge is 0.367 e. The number of anilines is 1. The number of rotatable bonds is 5. The van der Waals surface area contributed by atoms with E-state index in [9.17, 15) is 4.79 Å². The fourth-order valence-corrected chi connectivity index (χ4v) is 4.67. The number of hydrogen-bond donors (Lipinski definition) is 1. The van der Waals surface area contributed by atoms with Gasteiger partial charge in [-0.3, -0.25) is 4.79 Å². The number of nitrogens with one attached hydrogen (secondary N) is 1. The van der Waals surface area contributed by atoms with Crippen LogP contribution >= 0.6 is 11.3 Å². The van der Waals surface area contributed by atoms with Crippen LogP contribution in [0.3, 0.4) is 0 Å². The van der Waals surface area contributed by atoms with Gasteiger partial charge in [0.25, 0.3) is 5.91 Å². The van der Waals surface area contributed by atoms with Crippen molar-refractivity contribution in [2.24, 2.45) is 0 Å². The van der Waals surface area contributed by atoms with Gasteiger partial charge in [0.05, 0.1) is 10.2 Å².